The molecule has 1 aromatic carbocycles. The van der Waals surface area contributed by atoms with Gasteiger partial charge >= 0.3 is 0 Å². The fourth-order valence-corrected chi connectivity index (χ4v) is 2.10. The molecule has 0 bridgehead atoms. The Hall–Kier alpha value is -1.66. The number of nitrogens with zero attached hydrogens (tertiary/aromatic N) is 1. The first-order chi connectivity index (χ1) is 10.1. The van der Waals surface area contributed by atoms with Crippen molar-refractivity contribution >= 4 is 24.2 Å². The van der Waals surface area contributed by atoms with Crippen LogP contribution in [0.5, 0.6) is 0 Å². The molecule has 0 unspecified atom stereocenters. The molecule has 0 aliphatic carbocycles. The Morgan fingerprint density at radius 3 is 2.45 bits per heavy atom. The van der Waals surface area contributed by atoms with E-state index in [0.29, 0.717) is 26.2 Å². The van der Waals surface area contributed by atoms with Gasteiger partial charge in [0.1, 0.15) is 5.82 Å². The van der Waals surface area contributed by atoms with Crippen molar-refractivity contribution in [2.75, 3.05) is 26.2 Å². The minimum atomic E-state index is -0.304. The van der Waals surface area contributed by atoms with Gasteiger partial charge in [-0.05, 0) is 24.6 Å². The number of hydrogen-bond acceptors (Lipinski definition) is 3. The lowest BCUT2D eigenvalue weighted by atomic mass is 10.0. The molecule has 1 aliphatic rings. The third-order valence-corrected chi connectivity index (χ3v) is 3.56. The van der Waals surface area contributed by atoms with Crippen molar-refractivity contribution < 1.29 is 14.0 Å². The second-order valence-electron chi connectivity index (χ2n) is 5.11. The molecule has 1 aliphatic heterocycles. The Bertz CT molecular complexity index is 506. The summed E-state index contributed by atoms with van der Waals surface area (Å²) < 4.78 is 12.8. The van der Waals surface area contributed by atoms with Gasteiger partial charge in [0.2, 0.25) is 11.8 Å². The minimum Gasteiger partial charge on any atom is -0.350 e. The van der Waals surface area contributed by atoms with Crippen LogP contribution >= 0.6 is 12.4 Å². The Morgan fingerprint density at radius 2 is 1.95 bits per heavy atom. The van der Waals surface area contributed by atoms with Gasteiger partial charge < -0.3 is 15.5 Å². The third-order valence-electron chi connectivity index (χ3n) is 3.56. The first-order valence-corrected chi connectivity index (χ1v) is 7.10. The maximum Gasteiger partial charge on any atom is 0.239 e. The Kier molecular flexibility index (Phi) is 7.27. The molecule has 5 nitrogen and oxygen atoms in total. The number of halogens is 2. The quantitative estimate of drug-likeness (QED) is 0.816. The van der Waals surface area contributed by atoms with Gasteiger partial charge in [-0.1, -0.05) is 12.1 Å². The van der Waals surface area contributed by atoms with Crippen LogP contribution in [-0.4, -0.2) is 42.9 Å². The van der Waals surface area contributed by atoms with Crippen LogP contribution in [0.1, 0.15) is 12.5 Å². The molecule has 1 fully saturated rings. The number of carbonyl (C=O) groups excluding carboxylic acids is 2. The number of hydrogen-bond donors (Lipinski definition) is 2. The average Bonchev–Trinajstić information content (AvgIpc) is 2.42. The SMILES string of the molecule is CCN(CC(=O)NCc1ccc(F)cc1)C(=O)C1CNC1.Cl. The topological polar surface area (TPSA) is 61.4 Å². The van der Waals surface area contributed by atoms with Crippen molar-refractivity contribution in [1.29, 1.82) is 0 Å². The lowest BCUT2D eigenvalue weighted by molar-refractivity contribution is -0.140. The maximum absolute atomic E-state index is 12.8. The summed E-state index contributed by atoms with van der Waals surface area (Å²) in [7, 11) is 0. The van der Waals surface area contributed by atoms with Crippen molar-refractivity contribution in [3.8, 4) is 0 Å². The smallest absolute Gasteiger partial charge is 0.239 e. The molecule has 2 N–H and O–H groups in total. The van der Waals surface area contributed by atoms with Crippen LogP contribution in [0.3, 0.4) is 0 Å². The number of amides is 2. The highest BCUT2D eigenvalue weighted by atomic mass is 35.5. The van der Waals surface area contributed by atoms with Gasteiger partial charge in [-0.2, -0.15) is 0 Å². The van der Waals surface area contributed by atoms with Crippen molar-refractivity contribution in [3.63, 3.8) is 0 Å². The summed E-state index contributed by atoms with van der Waals surface area (Å²) in [6.07, 6.45) is 0. The molecule has 1 heterocycles. The summed E-state index contributed by atoms with van der Waals surface area (Å²) in [5, 5.41) is 5.79. The largest absolute Gasteiger partial charge is 0.350 e. The van der Waals surface area contributed by atoms with Gasteiger partial charge in [0.25, 0.3) is 0 Å². The molecule has 1 saturated heterocycles. The number of likely N-dealkylation sites (N-methyl/N-ethyl adjacent to an activating group) is 1. The minimum absolute atomic E-state index is 0. The zero-order valence-corrected chi connectivity index (χ0v) is 13.3. The van der Waals surface area contributed by atoms with E-state index in [1.165, 1.54) is 12.1 Å². The van der Waals surface area contributed by atoms with Crippen molar-refractivity contribution in [3.05, 3.63) is 35.6 Å². The highest BCUT2D eigenvalue weighted by Crippen LogP contribution is 2.08. The second kappa shape index (κ2) is 8.70. The van der Waals surface area contributed by atoms with Crippen LogP contribution in [0.25, 0.3) is 0 Å². The first-order valence-electron chi connectivity index (χ1n) is 7.10. The summed E-state index contributed by atoms with van der Waals surface area (Å²) in [5.41, 5.74) is 0.822. The van der Waals surface area contributed by atoms with E-state index < -0.39 is 0 Å². The molecule has 7 heteroatoms. The number of rotatable bonds is 6. The van der Waals surface area contributed by atoms with Crippen LogP contribution in [-0.2, 0) is 16.1 Å². The van der Waals surface area contributed by atoms with Crippen LogP contribution in [0.2, 0.25) is 0 Å². The highest BCUT2D eigenvalue weighted by Gasteiger charge is 2.29. The molecule has 122 valence electrons. The van der Waals surface area contributed by atoms with Crippen LogP contribution in [0, 0.1) is 11.7 Å². The lowest BCUT2D eigenvalue weighted by Gasteiger charge is -2.31. The van der Waals surface area contributed by atoms with E-state index in [9.17, 15) is 14.0 Å². The Morgan fingerprint density at radius 1 is 1.32 bits per heavy atom. The van der Waals surface area contributed by atoms with E-state index in [4.69, 9.17) is 0 Å². The van der Waals surface area contributed by atoms with Crippen molar-refractivity contribution in [1.82, 2.24) is 15.5 Å². The standard InChI is InChI=1S/C15H20FN3O2.ClH/c1-2-19(15(21)12-8-17-9-12)10-14(20)18-7-11-3-5-13(16)6-4-11;/h3-6,12,17H,2,7-10H2,1H3,(H,18,20);1H. The van der Waals surface area contributed by atoms with Crippen LogP contribution in [0.15, 0.2) is 24.3 Å². The number of nitrogens with one attached hydrogen (secondary N) is 2. The Labute approximate surface area is 135 Å². The number of carbonyl (C=O) groups is 2. The zero-order valence-electron chi connectivity index (χ0n) is 12.5. The van der Waals surface area contributed by atoms with E-state index in [0.717, 1.165) is 5.56 Å². The Balaban J connectivity index is 0.00000242. The first kappa shape index (κ1) is 18.4. The zero-order chi connectivity index (χ0) is 15.2. The molecular formula is C15H21ClFN3O2. The van der Waals surface area contributed by atoms with Crippen molar-refractivity contribution in [2.45, 2.75) is 13.5 Å². The molecule has 0 spiro atoms. The van der Waals surface area contributed by atoms with E-state index in [1.807, 2.05) is 6.92 Å². The summed E-state index contributed by atoms with van der Waals surface area (Å²) in [6.45, 7) is 4.14. The lowest BCUT2D eigenvalue weighted by Crippen LogP contribution is -2.53. The molecule has 0 saturated carbocycles. The summed E-state index contributed by atoms with van der Waals surface area (Å²) in [5.74, 6) is -0.494. The van der Waals surface area contributed by atoms with Gasteiger partial charge in [-0.3, -0.25) is 9.59 Å². The van der Waals surface area contributed by atoms with E-state index >= 15 is 0 Å². The number of benzene rings is 1. The molecule has 2 amide bonds. The molecule has 0 radical (unpaired) electrons. The predicted molar refractivity (Wildman–Crippen MR) is 84.1 cm³/mol. The summed E-state index contributed by atoms with van der Waals surface area (Å²) >= 11 is 0. The van der Waals surface area contributed by atoms with E-state index in [1.54, 1.807) is 17.0 Å². The van der Waals surface area contributed by atoms with Gasteiger partial charge in [-0.25, -0.2) is 4.39 Å². The van der Waals surface area contributed by atoms with Crippen LogP contribution < -0.4 is 10.6 Å². The van der Waals surface area contributed by atoms with E-state index in [-0.39, 0.29) is 42.5 Å². The second-order valence-corrected chi connectivity index (χ2v) is 5.11. The maximum atomic E-state index is 12.8. The van der Waals surface area contributed by atoms with Gasteiger partial charge in [0.05, 0.1) is 12.5 Å². The molecule has 0 aromatic heterocycles. The third kappa shape index (κ3) is 4.96. The normalized spacial score (nSPS) is 13.7. The summed E-state index contributed by atoms with van der Waals surface area (Å²) in [4.78, 5) is 25.5. The monoisotopic (exact) mass is 329 g/mol. The summed E-state index contributed by atoms with van der Waals surface area (Å²) in [6, 6.07) is 5.96. The molecular weight excluding hydrogens is 309 g/mol. The fourth-order valence-electron chi connectivity index (χ4n) is 2.10. The van der Waals surface area contributed by atoms with Gasteiger partial charge in [0, 0.05) is 26.2 Å². The fraction of sp³-hybridized carbons (Fsp3) is 0.467. The van der Waals surface area contributed by atoms with Gasteiger partial charge in [-0.15, -0.1) is 12.4 Å². The average molecular weight is 330 g/mol. The van der Waals surface area contributed by atoms with Crippen LogP contribution in [0.4, 0.5) is 4.39 Å². The predicted octanol–water partition coefficient (Wildman–Crippen LogP) is 0.932. The van der Waals surface area contributed by atoms with E-state index in [2.05, 4.69) is 10.6 Å². The molecule has 1 aromatic rings. The van der Waals surface area contributed by atoms with Crippen molar-refractivity contribution in [2.24, 2.45) is 5.92 Å². The molecule has 22 heavy (non-hydrogen) atoms. The van der Waals surface area contributed by atoms with Gasteiger partial charge in [0.15, 0.2) is 0 Å². The molecule has 2 rings (SSSR count). The molecule has 0 atom stereocenters. The highest BCUT2D eigenvalue weighted by molar-refractivity contribution is 5.86.